The van der Waals surface area contributed by atoms with E-state index in [4.69, 9.17) is 4.99 Å². The molecule has 0 amide bonds. The average molecular weight is 431 g/mol. The van der Waals surface area contributed by atoms with Gasteiger partial charge in [0.25, 0.3) is 0 Å². The van der Waals surface area contributed by atoms with Crippen molar-refractivity contribution in [1.82, 2.24) is 9.97 Å². The van der Waals surface area contributed by atoms with Crippen LogP contribution in [0, 0.1) is 25.7 Å². The fourth-order valence-electron chi connectivity index (χ4n) is 3.88. The first kappa shape index (κ1) is 23.0. The minimum absolute atomic E-state index is 0.0343. The first-order valence-corrected chi connectivity index (χ1v) is 10.6. The molecule has 7 heteroatoms. The smallest absolute Gasteiger partial charge is 0.325 e. The molecule has 1 N–H and O–H groups in total. The minimum atomic E-state index is -4.49. The molecule has 4 nitrogen and oxygen atoms in total. The van der Waals surface area contributed by atoms with Crippen LogP contribution in [-0.2, 0) is 6.18 Å². The molecule has 0 aliphatic carbocycles. The van der Waals surface area contributed by atoms with Gasteiger partial charge >= 0.3 is 6.18 Å². The number of anilines is 1. The van der Waals surface area contributed by atoms with Crippen molar-refractivity contribution in [1.29, 1.82) is 0 Å². The predicted octanol–water partition coefficient (Wildman–Crippen LogP) is 6.95. The summed E-state index contributed by atoms with van der Waals surface area (Å²) in [6.07, 6.45) is -2.56. The first-order chi connectivity index (χ1) is 14.5. The third-order valence-corrected chi connectivity index (χ3v) is 5.80. The van der Waals surface area contributed by atoms with Crippen molar-refractivity contribution in [2.45, 2.75) is 60.6 Å². The summed E-state index contributed by atoms with van der Waals surface area (Å²) in [7, 11) is 0. The van der Waals surface area contributed by atoms with Crippen LogP contribution in [0.3, 0.4) is 0 Å². The number of aryl methyl sites for hydroxylation is 1. The van der Waals surface area contributed by atoms with Gasteiger partial charge in [-0.05, 0) is 51.2 Å². The van der Waals surface area contributed by atoms with Crippen LogP contribution < -0.4 is 5.32 Å². The SMILES string of the molecule is CCC1CC(C)=C(Nc2nc(-c3ccccc3C(F)(F)F)nc(C)c2C)N=C1C(C)C. The number of benzene rings is 1. The van der Waals surface area contributed by atoms with Gasteiger partial charge in [0.15, 0.2) is 5.82 Å². The number of halogens is 3. The molecule has 2 heterocycles. The number of aliphatic imine (C=N–C) groups is 1. The van der Waals surface area contributed by atoms with Crippen LogP contribution in [0.2, 0.25) is 0 Å². The molecule has 1 unspecified atom stereocenters. The Morgan fingerprint density at radius 2 is 1.77 bits per heavy atom. The zero-order chi connectivity index (χ0) is 22.9. The van der Waals surface area contributed by atoms with E-state index in [9.17, 15) is 13.2 Å². The van der Waals surface area contributed by atoms with Crippen LogP contribution >= 0.6 is 0 Å². The number of rotatable bonds is 5. The van der Waals surface area contributed by atoms with Crippen molar-refractivity contribution < 1.29 is 13.2 Å². The quantitative estimate of drug-likeness (QED) is 0.558. The standard InChI is InChI=1S/C24H29F3N4/c1-7-17-12-14(4)21(29-20(17)13(2)3)30-22-15(5)16(6)28-23(31-22)18-10-8-9-11-19(18)24(25,26)27/h8-11,13,17H,7,12H2,1-6H3,(H,28,30,31). The maximum atomic E-state index is 13.5. The van der Waals surface area contributed by atoms with Gasteiger partial charge in [-0.3, -0.25) is 0 Å². The van der Waals surface area contributed by atoms with Gasteiger partial charge in [-0.2, -0.15) is 13.2 Å². The minimum Gasteiger partial charge on any atom is -0.325 e. The summed E-state index contributed by atoms with van der Waals surface area (Å²) in [5.74, 6) is 1.98. The zero-order valence-corrected chi connectivity index (χ0v) is 18.9. The van der Waals surface area contributed by atoms with Crippen LogP contribution in [0.5, 0.6) is 0 Å². The maximum absolute atomic E-state index is 13.5. The summed E-state index contributed by atoms with van der Waals surface area (Å²) in [4.78, 5) is 13.7. The Balaban J connectivity index is 2.07. The van der Waals surface area contributed by atoms with E-state index in [0.29, 0.717) is 23.3 Å². The number of alkyl halides is 3. The van der Waals surface area contributed by atoms with Gasteiger partial charge in [0.05, 0.1) is 5.56 Å². The van der Waals surface area contributed by atoms with Gasteiger partial charge in [0, 0.05) is 28.5 Å². The third kappa shape index (κ3) is 4.81. The number of nitrogens with zero attached hydrogens (tertiary/aromatic N) is 3. The monoisotopic (exact) mass is 430 g/mol. The van der Waals surface area contributed by atoms with Crippen molar-refractivity contribution in [3.05, 3.63) is 52.5 Å². The van der Waals surface area contributed by atoms with Gasteiger partial charge < -0.3 is 5.32 Å². The lowest BCUT2D eigenvalue weighted by molar-refractivity contribution is -0.137. The fourth-order valence-corrected chi connectivity index (χ4v) is 3.88. The Kier molecular flexibility index (Phi) is 6.53. The normalized spacial score (nSPS) is 17.2. The number of hydrogen-bond acceptors (Lipinski definition) is 4. The van der Waals surface area contributed by atoms with E-state index in [2.05, 4.69) is 36.1 Å². The van der Waals surface area contributed by atoms with E-state index in [1.54, 1.807) is 13.0 Å². The molecule has 1 aromatic carbocycles. The van der Waals surface area contributed by atoms with Crippen LogP contribution in [0.15, 0.2) is 40.7 Å². The van der Waals surface area contributed by atoms with Crippen molar-refractivity contribution in [2.24, 2.45) is 16.8 Å². The fraction of sp³-hybridized carbons (Fsp3) is 0.458. The Bertz CT molecular complexity index is 1040. The molecular weight excluding hydrogens is 401 g/mol. The van der Waals surface area contributed by atoms with Gasteiger partial charge in [-0.1, -0.05) is 39.0 Å². The first-order valence-electron chi connectivity index (χ1n) is 10.6. The van der Waals surface area contributed by atoms with Crippen molar-refractivity contribution in [3.63, 3.8) is 0 Å². The topological polar surface area (TPSA) is 50.2 Å². The molecule has 0 fully saturated rings. The summed E-state index contributed by atoms with van der Waals surface area (Å²) >= 11 is 0. The van der Waals surface area contributed by atoms with Gasteiger partial charge in [-0.25, -0.2) is 15.0 Å². The van der Waals surface area contributed by atoms with Crippen molar-refractivity contribution in [3.8, 4) is 11.4 Å². The van der Waals surface area contributed by atoms with Crippen molar-refractivity contribution in [2.75, 3.05) is 5.32 Å². The van der Waals surface area contributed by atoms with Gasteiger partial charge in [0.1, 0.15) is 11.6 Å². The largest absolute Gasteiger partial charge is 0.417 e. The molecule has 2 aromatic rings. The summed E-state index contributed by atoms with van der Waals surface area (Å²) in [5, 5.41) is 3.30. The van der Waals surface area contributed by atoms with Gasteiger partial charge in [0.2, 0.25) is 0 Å². The molecular formula is C24H29F3N4. The second-order valence-electron chi connectivity index (χ2n) is 8.40. The second kappa shape index (κ2) is 8.81. The number of hydrogen-bond donors (Lipinski definition) is 1. The van der Waals surface area contributed by atoms with E-state index in [-0.39, 0.29) is 11.4 Å². The highest BCUT2D eigenvalue weighted by Gasteiger charge is 2.34. The number of allylic oxidation sites excluding steroid dienone is 1. The summed E-state index contributed by atoms with van der Waals surface area (Å²) in [5.41, 5.74) is 2.88. The molecule has 1 atom stereocenters. The highest BCUT2D eigenvalue weighted by atomic mass is 19.4. The van der Waals surface area contributed by atoms with E-state index >= 15 is 0 Å². The Hall–Kier alpha value is -2.70. The molecule has 166 valence electrons. The maximum Gasteiger partial charge on any atom is 0.417 e. The van der Waals surface area contributed by atoms with E-state index in [1.165, 1.54) is 12.1 Å². The zero-order valence-electron chi connectivity index (χ0n) is 18.9. The van der Waals surface area contributed by atoms with E-state index < -0.39 is 11.7 Å². The van der Waals surface area contributed by atoms with Crippen LogP contribution in [-0.4, -0.2) is 15.7 Å². The molecule has 0 saturated heterocycles. The summed E-state index contributed by atoms with van der Waals surface area (Å²) < 4.78 is 40.6. The van der Waals surface area contributed by atoms with Crippen LogP contribution in [0.4, 0.5) is 19.0 Å². The molecule has 1 aliphatic rings. The van der Waals surface area contributed by atoms with E-state index in [1.807, 2.05) is 13.8 Å². The lowest BCUT2D eigenvalue weighted by atomic mass is 9.85. The highest BCUT2D eigenvalue weighted by Crippen LogP contribution is 2.37. The Morgan fingerprint density at radius 3 is 2.39 bits per heavy atom. The number of nitrogens with one attached hydrogen (secondary N) is 1. The lowest BCUT2D eigenvalue weighted by Crippen LogP contribution is -2.25. The van der Waals surface area contributed by atoms with Crippen LogP contribution in [0.1, 0.15) is 57.4 Å². The molecule has 31 heavy (non-hydrogen) atoms. The molecule has 1 aromatic heterocycles. The van der Waals surface area contributed by atoms with Crippen molar-refractivity contribution >= 4 is 11.5 Å². The third-order valence-electron chi connectivity index (χ3n) is 5.80. The second-order valence-corrected chi connectivity index (χ2v) is 8.40. The molecule has 0 spiro atoms. The van der Waals surface area contributed by atoms with E-state index in [0.717, 1.165) is 41.6 Å². The average Bonchev–Trinajstić information content (AvgIpc) is 2.71. The number of aromatic nitrogens is 2. The highest BCUT2D eigenvalue weighted by molar-refractivity contribution is 5.90. The molecule has 3 rings (SSSR count). The van der Waals surface area contributed by atoms with Crippen LogP contribution in [0.25, 0.3) is 11.4 Å². The lowest BCUT2D eigenvalue weighted by Gasteiger charge is -2.27. The summed E-state index contributed by atoms with van der Waals surface area (Å²) in [6, 6.07) is 5.39. The molecule has 0 bridgehead atoms. The summed E-state index contributed by atoms with van der Waals surface area (Å²) in [6.45, 7) is 12.1. The Labute approximate surface area is 181 Å². The predicted molar refractivity (Wildman–Crippen MR) is 119 cm³/mol. The molecule has 1 aliphatic heterocycles. The Morgan fingerprint density at radius 1 is 1.10 bits per heavy atom. The molecule has 0 saturated carbocycles. The van der Waals surface area contributed by atoms with Gasteiger partial charge in [-0.15, -0.1) is 0 Å². The molecule has 0 radical (unpaired) electrons.